The molecule has 2 N–H and O–H groups in total. The van der Waals surface area contributed by atoms with Crippen LogP contribution in [-0.4, -0.2) is 61.1 Å². The van der Waals surface area contributed by atoms with Crippen molar-refractivity contribution in [2.24, 2.45) is 4.99 Å². The van der Waals surface area contributed by atoms with Gasteiger partial charge in [0.25, 0.3) is 0 Å². The molecular formula is C22H39N5. The van der Waals surface area contributed by atoms with Crippen LogP contribution in [0.1, 0.15) is 51.7 Å². The van der Waals surface area contributed by atoms with Crippen LogP contribution in [0.25, 0.3) is 0 Å². The quantitative estimate of drug-likeness (QED) is 0.569. The number of benzene rings is 1. The Morgan fingerprint density at radius 1 is 1.15 bits per heavy atom. The molecular weight excluding hydrogens is 334 g/mol. The lowest BCUT2D eigenvalue weighted by atomic mass is 10.0. The van der Waals surface area contributed by atoms with Gasteiger partial charge in [0.2, 0.25) is 0 Å². The maximum Gasteiger partial charge on any atom is 0.191 e. The molecule has 0 bridgehead atoms. The maximum atomic E-state index is 4.44. The molecule has 0 aromatic heterocycles. The van der Waals surface area contributed by atoms with Gasteiger partial charge < -0.3 is 15.5 Å². The van der Waals surface area contributed by atoms with Gasteiger partial charge in [0.1, 0.15) is 0 Å². The SMILES string of the molecule is CN=C(NCc1ccccc1CN(C)C(C)C)NC1CCN(C(C)C)CC1. The highest BCUT2D eigenvalue weighted by Gasteiger charge is 2.21. The van der Waals surface area contributed by atoms with E-state index in [1.54, 1.807) is 0 Å². The summed E-state index contributed by atoms with van der Waals surface area (Å²) >= 11 is 0. The molecule has 1 fully saturated rings. The standard InChI is InChI=1S/C22H39N5/c1-17(2)26(6)16-20-10-8-7-9-19(20)15-24-22(23-5)25-21-11-13-27(14-12-21)18(3)4/h7-10,17-18,21H,11-16H2,1-6H3,(H2,23,24,25). The van der Waals surface area contributed by atoms with E-state index in [4.69, 9.17) is 0 Å². The highest BCUT2D eigenvalue weighted by molar-refractivity contribution is 5.80. The lowest BCUT2D eigenvalue weighted by molar-refractivity contribution is 0.167. The fourth-order valence-corrected chi connectivity index (χ4v) is 3.46. The Morgan fingerprint density at radius 3 is 2.33 bits per heavy atom. The monoisotopic (exact) mass is 373 g/mol. The fourth-order valence-electron chi connectivity index (χ4n) is 3.46. The second-order valence-corrected chi connectivity index (χ2v) is 8.25. The van der Waals surface area contributed by atoms with E-state index in [0.717, 1.165) is 32.1 Å². The summed E-state index contributed by atoms with van der Waals surface area (Å²) in [7, 11) is 4.04. The summed E-state index contributed by atoms with van der Waals surface area (Å²) in [6.45, 7) is 13.1. The van der Waals surface area contributed by atoms with Crippen molar-refractivity contribution >= 4 is 5.96 Å². The number of hydrogen-bond donors (Lipinski definition) is 2. The van der Waals surface area contributed by atoms with Gasteiger partial charge in [-0.3, -0.25) is 9.89 Å². The molecule has 0 atom stereocenters. The largest absolute Gasteiger partial charge is 0.354 e. The van der Waals surface area contributed by atoms with Gasteiger partial charge in [-0.2, -0.15) is 0 Å². The molecule has 27 heavy (non-hydrogen) atoms. The first-order chi connectivity index (χ1) is 12.9. The number of rotatable bonds is 7. The third kappa shape index (κ3) is 6.82. The molecule has 0 radical (unpaired) electrons. The van der Waals surface area contributed by atoms with Gasteiger partial charge in [-0.1, -0.05) is 24.3 Å². The van der Waals surface area contributed by atoms with Crippen molar-refractivity contribution < 1.29 is 0 Å². The number of piperidine rings is 1. The van der Waals surface area contributed by atoms with Crippen molar-refractivity contribution in [2.75, 3.05) is 27.2 Å². The van der Waals surface area contributed by atoms with Gasteiger partial charge in [-0.25, -0.2) is 0 Å². The molecule has 1 saturated heterocycles. The molecule has 1 aliphatic heterocycles. The predicted octanol–water partition coefficient (Wildman–Crippen LogP) is 3.06. The van der Waals surface area contributed by atoms with Crippen LogP contribution in [0, 0.1) is 0 Å². The zero-order valence-corrected chi connectivity index (χ0v) is 18.1. The average molecular weight is 374 g/mol. The van der Waals surface area contributed by atoms with Gasteiger partial charge in [0.15, 0.2) is 5.96 Å². The zero-order chi connectivity index (χ0) is 19.8. The van der Waals surface area contributed by atoms with Crippen LogP contribution >= 0.6 is 0 Å². The van der Waals surface area contributed by atoms with Crippen LogP contribution in [0.15, 0.2) is 29.3 Å². The molecule has 0 aliphatic carbocycles. The lowest BCUT2D eigenvalue weighted by Crippen LogP contribution is -2.49. The van der Waals surface area contributed by atoms with E-state index in [-0.39, 0.29) is 0 Å². The van der Waals surface area contributed by atoms with Gasteiger partial charge >= 0.3 is 0 Å². The third-order valence-corrected chi connectivity index (χ3v) is 5.69. The normalized spacial score (nSPS) is 17.1. The van der Waals surface area contributed by atoms with E-state index in [1.165, 1.54) is 24.0 Å². The van der Waals surface area contributed by atoms with Crippen molar-refractivity contribution in [2.45, 2.75) is 71.8 Å². The Morgan fingerprint density at radius 2 is 1.78 bits per heavy atom. The molecule has 1 aliphatic rings. The first-order valence-corrected chi connectivity index (χ1v) is 10.4. The van der Waals surface area contributed by atoms with Gasteiger partial charge in [0.05, 0.1) is 0 Å². The molecule has 1 heterocycles. The number of aliphatic imine (C=N–C) groups is 1. The minimum absolute atomic E-state index is 0.508. The fraction of sp³-hybridized carbons (Fsp3) is 0.682. The Kier molecular flexibility index (Phi) is 8.58. The first kappa shape index (κ1) is 21.7. The minimum Gasteiger partial charge on any atom is -0.354 e. The van der Waals surface area contributed by atoms with E-state index in [9.17, 15) is 0 Å². The van der Waals surface area contributed by atoms with Crippen molar-refractivity contribution in [3.63, 3.8) is 0 Å². The summed E-state index contributed by atoms with van der Waals surface area (Å²) in [4.78, 5) is 9.36. The summed E-state index contributed by atoms with van der Waals surface area (Å²) in [6, 6.07) is 10.4. The third-order valence-electron chi connectivity index (χ3n) is 5.69. The van der Waals surface area contributed by atoms with Crippen LogP contribution in [0.5, 0.6) is 0 Å². The Labute approximate surface area is 166 Å². The van der Waals surface area contributed by atoms with Crippen LogP contribution in [-0.2, 0) is 13.1 Å². The van der Waals surface area contributed by atoms with Crippen molar-refractivity contribution in [3.8, 4) is 0 Å². The van der Waals surface area contributed by atoms with E-state index >= 15 is 0 Å². The molecule has 0 spiro atoms. The molecule has 0 unspecified atom stereocenters. The summed E-state index contributed by atoms with van der Waals surface area (Å²) in [6.07, 6.45) is 2.35. The number of likely N-dealkylation sites (tertiary alicyclic amines) is 1. The molecule has 1 aromatic rings. The first-order valence-electron chi connectivity index (χ1n) is 10.4. The molecule has 1 aromatic carbocycles. The van der Waals surface area contributed by atoms with Crippen LogP contribution in [0.4, 0.5) is 0 Å². The number of guanidine groups is 1. The van der Waals surface area contributed by atoms with E-state index in [1.807, 2.05) is 7.05 Å². The Balaban J connectivity index is 1.88. The number of hydrogen-bond acceptors (Lipinski definition) is 3. The minimum atomic E-state index is 0.508. The summed E-state index contributed by atoms with van der Waals surface area (Å²) in [5.74, 6) is 0.907. The molecule has 152 valence electrons. The van der Waals surface area contributed by atoms with E-state index < -0.39 is 0 Å². The summed E-state index contributed by atoms with van der Waals surface area (Å²) in [5, 5.41) is 7.13. The predicted molar refractivity (Wildman–Crippen MR) is 116 cm³/mol. The molecule has 5 heteroatoms. The van der Waals surface area contributed by atoms with Gasteiger partial charge in [-0.15, -0.1) is 0 Å². The summed E-state index contributed by atoms with van der Waals surface area (Å²) in [5.41, 5.74) is 2.71. The smallest absolute Gasteiger partial charge is 0.191 e. The highest BCUT2D eigenvalue weighted by Crippen LogP contribution is 2.14. The topological polar surface area (TPSA) is 42.9 Å². The molecule has 0 amide bonds. The Bertz CT molecular complexity index is 588. The zero-order valence-electron chi connectivity index (χ0n) is 18.1. The van der Waals surface area contributed by atoms with Crippen LogP contribution in [0.2, 0.25) is 0 Å². The summed E-state index contributed by atoms with van der Waals surface area (Å²) < 4.78 is 0. The van der Waals surface area contributed by atoms with E-state index in [2.05, 4.69) is 84.4 Å². The lowest BCUT2D eigenvalue weighted by Gasteiger charge is -2.35. The van der Waals surface area contributed by atoms with Crippen molar-refractivity contribution in [1.82, 2.24) is 20.4 Å². The second kappa shape index (κ2) is 10.7. The average Bonchev–Trinajstić information content (AvgIpc) is 2.66. The van der Waals surface area contributed by atoms with Gasteiger partial charge in [0, 0.05) is 51.4 Å². The molecule has 0 saturated carbocycles. The number of nitrogens with zero attached hydrogens (tertiary/aromatic N) is 3. The number of nitrogens with one attached hydrogen (secondary N) is 2. The van der Waals surface area contributed by atoms with E-state index in [0.29, 0.717) is 18.1 Å². The Hall–Kier alpha value is -1.59. The highest BCUT2D eigenvalue weighted by atomic mass is 15.2. The second-order valence-electron chi connectivity index (χ2n) is 8.25. The maximum absolute atomic E-state index is 4.44. The van der Waals surface area contributed by atoms with Crippen LogP contribution < -0.4 is 10.6 Å². The van der Waals surface area contributed by atoms with Gasteiger partial charge in [-0.05, 0) is 58.7 Å². The van der Waals surface area contributed by atoms with Crippen LogP contribution in [0.3, 0.4) is 0 Å². The molecule has 2 rings (SSSR count). The van der Waals surface area contributed by atoms with Crippen molar-refractivity contribution in [3.05, 3.63) is 35.4 Å². The van der Waals surface area contributed by atoms with Crippen molar-refractivity contribution in [1.29, 1.82) is 0 Å². The molecule has 5 nitrogen and oxygen atoms in total.